The quantitative estimate of drug-likeness (QED) is 0.519. The predicted octanol–water partition coefficient (Wildman–Crippen LogP) is 1.40. The third-order valence-corrected chi connectivity index (χ3v) is 5.30. The van der Waals surface area contributed by atoms with E-state index >= 15 is 0 Å². The number of carboxylic acids is 1. The van der Waals surface area contributed by atoms with Gasteiger partial charge in [0.25, 0.3) is 12.0 Å². The largest absolute Gasteiger partial charge is 0.490 e. The number of imidazole rings is 1. The third kappa shape index (κ3) is 5.03. The van der Waals surface area contributed by atoms with Crippen molar-refractivity contribution in [2.24, 2.45) is 14.1 Å². The van der Waals surface area contributed by atoms with Gasteiger partial charge in [0, 0.05) is 45.8 Å². The number of benzene rings is 1. The minimum atomic E-state index is -5.08. The molecule has 10 nitrogen and oxygen atoms in total. The highest BCUT2D eigenvalue weighted by Gasteiger charge is 2.38. The van der Waals surface area contributed by atoms with Gasteiger partial charge in [-0.05, 0) is 6.07 Å². The second kappa shape index (κ2) is 9.85. The molecule has 3 heterocycles. The zero-order valence-electron chi connectivity index (χ0n) is 18.5. The SMILES string of the molecule is Cn1c(=O)c2c(nc(N3CCNCC3)n2-c2ccccc2C(F)F)n(C)c1=O.O=C(O)C(F)(F)F. The molecule has 1 aliphatic heterocycles. The predicted molar refractivity (Wildman–Crippen MR) is 115 cm³/mol. The van der Waals surface area contributed by atoms with Gasteiger partial charge in [0.2, 0.25) is 5.95 Å². The zero-order chi connectivity index (χ0) is 26.1. The minimum Gasteiger partial charge on any atom is -0.475 e. The fraction of sp³-hybridized carbons (Fsp3) is 0.400. The molecule has 0 atom stereocenters. The lowest BCUT2D eigenvalue weighted by molar-refractivity contribution is -0.192. The van der Waals surface area contributed by atoms with Gasteiger partial charge in [0.15, 0.2) is 11.2 Å². The van der Waals surface area contributed by atoms with Crippen LogP contribution in [0.1, 0.15) is 12.0 Å². The van der Waals surface area contributed by atoms with Gasteiger partial charge in [0.1, 0.15) is 0 Å². The van der Waals surface area contributed by atoms with Gasteiger partial charge in [-0.25, -0.2) is 18.4 Å². The summed E-state index contributed by atoms with van der Waals surface area (Å²) in [5.74, 6) is -2.38. The normalized spacial score (nSPS) is 14.2. The van der Waals surface area contributed by atoms with Crippen molar-refractivity contribution in [1.29, 1.82) is 0 Å². The molecule has 3 aromatic rings. The standard InChI is InChI=1S/C18H20F2N6O2.C2HF3O2/c1-23-15-13(16(27)24(2)18(23)28)26(12-6-4-3-5-11(12)14(19)20)17(22-15)25-9-7-21-8-10-25;3-2(4,5)1(6)7/h3-6,14,21H,7-10H2,1-2H3;(H,6,7). The zero-order valence-corrected chi connectivity index (χ0v) is 18.5. The smallest absolute Gasteiger partial charge is 0.475 e. The summed E-state index contributed by atoms with van der Waals surface area (Å²) in [6, 6.07) is 6.04. The number of aliphatic carboxylic acids is 1. The number of nitrogens with one attached hydrogen (secondary N) is 1. The Hall–Kier alpha value is -3.75. The molecule has 1 saturated heterocycles. The molecule has 1 aliphatic rings. The van der Waals surface area contributed by atoms with Crippen LogP contribution in [0.15, 0.2) is 33.9 Å². The molecular weight excluding hydrogens is 483 g/mol. The Morgan fingerprint density at radius 2 is 1.66 bits per heavy atom. The van der Waals surface area contributed by atoms with Crippen LogP contribution in [0.3, 0.4) is 0 Å². The summed E-state index contributed by atoms with van der Waals surface area (Å²) < 4.78 is 62.9. The van der Waals surface area contributed by atoms with E-state index in [1.165, 1.54) is 35.4 Å². The van der Waals surface area contributed by atoms with Gasteiger partial charge >= 0.3 is 17.8 Å². The number of fused-ring (bicyclic) bond motifs is 1. The molecule has 190 valence electrons. The van der Waals surface area contributed by atoms with Crippen LogP contribution in [0, 0.1) is 0 Å². The van der Waals surface area contributed by atoms with E-state index in [0.29, 0.717) is 32.1 Å². The highest BCUT2D eigenvalue weighted by Crippen LogP contribution is 2.31. The monoisotopic (exact) mass is 504 g/mol. The molecule has 0 saturated carbocycles. The molecule has 35 heavy (non-hydrogen) atoms. The van der Waals surface area contributed by atoms with Crippen LogP contribution >= 0.6 is 0 Å². The number of nitrogens with zero attached hydrogens (tertiary/aromatic N) is 5. The Labute approximate surface area is 193 Å². The Morgan fingerprint density at radius 1 is 1.09 bits per heavy atom. The Morgan fingerprint density at radius 3 is 2.20 bits per heavy atom. The number of aromatic nitrogens is 4. The molecule has 2 N–H and O–H groups in total. The molecule has 15 heteroatoms. The van der Waals surface area contributed by atoms with Gasteiger partial charge in [-0.3, -0.25) is 18.5 Å². The number of carboxylic acid groups (broad SMARTS) is 1. The molecule has 0 radical (unpaired) electrons. The van der Waals surface area contributed by atoms with Crippen LogP contribution < -0.4 is 21.5 Å². The van der Waals surface area contributed by atoms with Gasteiger partial charge in [-0.2, -0.15) is 18.2 Å². The molecule has 1 fully saturated rings. The van der Waals surface area contributed by atoms with E-state index < -0.39 is 29.8 Å². The summed E-state index contributed by atoms with van der Waals surface area (Å²) in [4.78, 5) is 40.7. The second-order valence-corrected chi connectivity index (χ2v) is 7.52. The first kappa shape index (κ1) is 25.9. The molecule has 4 rings (SSSR count). The van der Waals surface area contributed by atoms with Crippen molar-refractivity contribution >= 4 is 23.1 Å². The lowest BCUT2D eigenvalue weighted by atomic mass is 10.2. The van der Waals surface area contributed by atoms with Gasteiger partial charge in [-0.1, -0.05) is 18.2 Å². The van der Waals surface area contributed by atoms with E-state index in [4.69, 9.17) is 9.90 Å². The number of carbonyl (C=O) groups is 1. The average molecular weight is 504 g/mol. The number of alkyl halides is 5. The number of halogens is 5. The van der Waals surface area contributed by atoms with Crippen LogP contribution in [0.5, 0.6) is 0 Å². The summed E-state index contributed by atoms with van der Waals surface area (Å²) in [7, 11) is 2.88. The maximum atomic E-state index is 13.7. The summed E-state index contributed by atoms with van der Waals surface area (Å²) in [5, 5.41) is 10.4. The van der Waals surface area contributed by atoms with E-state index in [0.717, 1.165) is 4.57 Å². The highest BCUT2D eigenvalue weighted by atomic mass is 19.4. The molecule has 0 unspecified atom stereocenters. The van der Waals surface area contributed by atoms with Crippen LogP contribution in [-0.4, -0.2) is 62.1 Å². The van der Waals surface area contributed by atoms with E-state index in [1.54, 1.807) is 12.1 Å². The van der Waals surface area contributed by atoms with Crippen LogP contribution in [0.2, 0.25) is 0 Å². The molecule has 1 aromatic carbocycles. The molecule has 0 bridgehead atoms. The van der Waals surface area contributed by atoms with Crippen molar-refractivity contribution in [3.8, 4) is 5.69 Å². The topological polar surface area (TPSA) is 114 Å². The van der Waals surface area contributed by atoms with Crippen LogP contribution in [0.4, 0.5) is 27.9 Å². The van der Waals surface area contributed by atoms with Gasteiger partial charge < -0.3 is 15.3 Å². The van der Waals surface area contributed by atoms with Crippen LogP contribution in [-0.2, 0) is 18.9 Å². The average Bonchev–Trinajstić information content (AvgIpc) is 3.22. The maximum Gasteiger partial charge on any atom is 0.490 e. The number of anilines is 1. The van der Waals surface area contributed by atoms with Gasteiger partial charge in [0.05, 0.1) is 5.69 Å². The minimum absolute atomic E-state index is 0.103. The number of piperazine rings is 1. The van der Waals surface area contributed by atoms with Crippen molar-refractivity contribution < 1.29 is 31.9 Å². The lowest BCUT2D eigenvalue weighted by Gasteiger charge is -2.29. The summed E-state index contributed by atoms with van der Waals surface area (Å²) in [6.45, 7) is 2.62. The van der Waals surface area contributed by atoms with E-state index in [1.807, 2.05) is 4.90 Å². The van der Waals surface area contributed by atoms with E-state index in [9.17, 15) is 31.5 Å². The first-order valence-electron chi connectivity index (χ1n) is 10.2. The fourth-order valence-corrected chi connectivity index (χ4v) is 3.56. The van der Waals surface area contributed by atoms with Crippen molar-refractivity contribution in [3.05, 3.63) is 50.7 Å². The molecular formula is C20H21F5N6O4. The van der Waals surface area contributed by atoms with E-state index in [-0.39, 0.29) is 22.4 Å². The summed E-state index contributed by atoms with van der Waals surface area (Å²) in [6.07, 6.45) is -7.80. The Balaban J connectivity index is 0.000000429. The van der Waals surface area contributed by atoms with Crippen molar-refractivity contribution in [2.75, 3.05) is 31.1 Å². The summed E-state index contributed by atoms with van der Waals surface area (Å²) >= 11 is 0. The number of aryl methyl sites for hydroxylation is 1. The Bertz CT molecular complexity index is 1360. The molecule has 0 amide bonds. The molecule has 2 aromatic heterocycles. The lowest BCUT2D eigenvalue weighted by Crippen LogP contribution is -2.44. The number of rotatable bonds is 3. The number of hydrogen-bond donors (Lipinski definition) is 2. The van der Waals surface area contributed by atoms with Crippen molar-refractivity contribution in [2.45, 2.75) is 12.6 Å². The Kier molecular flexibility index (Phi) is 7.28. The number of hydrogen-bond acceptors (Lipinski definition) is 6. The van der Waals surface area contributed by atoms with Gasteiger partial charge in [-0.15, -0.1) is 0 Å². The maximum absolute atomic E-state index is 13.7. The third-order valence-electron chi connectivity index (χ3n) is 5.30. The molecule has 0 aliphatic carbocycles. The van der Waals surface area contributed by atoms with Crippen molar-refractivity contribution in [3.63, 3.8) is 0 Å². The highest BCUT2D eigenvalue weighted by molar-refractivity contribution is 5.78. The first-order chi connectivity index (χ1) is 16.4. The fourth-order valence-electron chi connectivity index (χ4n) is 3.56. The number of para-hydroxylation sites is 1. The first-order valence-corrected chi connectivity index (χ1v) is 10.2. The summed E-state index contributed by atoms with van der Waals surface area (Å²) in [5.41, 5.74) is -0.831. The van der Waals surface area contributed by atoms with Crippen molar-refractivity contribution in [1.82, 2.24) is 24.0 Å². The molecule has 0 spiro atoms. The van der Waals surface area contributed by atoms with Crippen LogP contribution in [0.25, 0.3) is 16.9 Å². The van der Waals surface area contributed by atoms with E-state index in [2.05, 4.69) is 10.3 Å². The second-order valence-electron chi connectivity index (χ2n) is 7.52.